The number of nitrogens with zero attached hydrogens (tertiary/aromatic N) is 2. The SMILES string of the molecule is CC1CN(C(=O)c2cccc([N+](=O)[O-])c2N)CC(C)S1. The molecule has 108 valence electrons. The summed E-state index contributed by atoms with van der Waals surface area (Å²) in [5.74, 6) is -0.231. The summed E-state index contributed by atoms with van der Waals surface area (Å²) in [4.78, 5) is 24.5. The molecule has 1 aromatic carbocycles. The van der Waals surface area contributed by atoms with Crippen LogP contribution in [0.3, 0.4) is 0 Å². The summed E-state index contributed by atoms with van der Waals surface area (Å²) < 4.78 is 0. The number of hydrogen-bond donors (Lipinski definition) is 1. The average molecular weight is 295 g/mol. The van der Waals surface area contributed by atoms with Crippen LogP contribution in [0, 0.1) is 10.1 Å². The summed E-state index contributed by atoms with van der Waals surface area (Å²) in [6.45, 7) is 5.40. The van der Waals surface area contributed by atoms with Crippen LogP contribution in [0.5, 0.6) is 0 Å². The summed E-state index contributed by atoms with van der Waals surface area (Å²) >= 11 is 1.84. The van der Waals surface area contributed by atoms with E-state index in [1.165, 1.54) is 12.1 Å². The van der Waals surface area contributed by atoms with E-state index in [1.54, 1.807) is 11.0 Å². The van der Waals surface area contributed by atoms with Crippen LogP contribution >= 0.6 is 11.8 Å². The van der Waals surface area contributed by atoms with E-state index in [-0.39, 0.29) is 22.8 Å². The molecule has 0 spiro atoms. The number of para-hydroxylation sites is 1. The molecule has 1 amide bonds. The van der Waals surface area contributed by atoms with Gasteiger partial charge in [0, 0.05) is 29.7 Å². The zero-order valence-corrected chi connectivity index (χ0v) is 12.2. The van der Waals surface area contributed by atoms with Gasteiger partial charge in [0.25, 0.3) is 11.6 Å². The number of carbonyl (C=O) groups excluding carboxylic acids is 1. The van der Waals surface area contributed by atoms with E-state index in [0.717, 1.165) is 0 Å². The molecule has 0 aliphatic carbocycles. The molecule has 1 aliphatic rings. The minimum atomic E-state index is -0.566. The molecule has 1 saturated heterocycles. The lowest BCUT2D eigenvalue weighted by atomic mass is 10.1. The highest BCUT2D eigenvalue weighted by Crippen LogP contribution is 2.29. The van der Waals surface area contributed by atoms with Crippen LogP contribution in [0.15, 0.2) is 18.2 Å². The molecule has 0 bridgehead atoms. The second-order valence-electron chi connectivity index (χ2n) is 4.96. The Hall–Kier alpha value is -1.76. The van der Waals surface area contributed by atoms with Gasteiger partial charge in [0.15, 0.2) is 0 Å². The van der Waals surface area contributed by atoms with E-state index < -0.39 is 4.92 Å². The fraction of sp³-hybridized carbons (Fsp3) is 0.462. The zero-order valence-electron chi connectivity index (χ0n) is 11.4. The Morgan fingerprint density at radius 2 is 2.00 bits per heavy atom. The molecule has 0 saturated carbocycles. The predicted molar refractivity (Wildman–Crippen MR) is 79.9 cm³/mol. The maximum Gasteiger partial charge on any atom is 0.292 e. The van der Waals surface area contributed by atoms with Gasteiger partial charge in [-0.1, -0.05) is 19.9 Å². The van der Waals surface area contributed by atoms with Gasteiger partial charge in [-0.15, -0.1) is 0 Å². The minimum Gasteiger partial charge on any atom is -0.393 e. The number of rotatable bonds is 2. The van der Waals surface area contributed by atoms with Crippen molar-refractivity contribution in [3.05, 3.63) is 33.9 Å². The van der Waals surface area contributed by atoms with Gasteiger partial charge in [-0.25, -0.2) is 0 Å². The molecule has 1 heterocycles. The maximum atomic E-state index is 12.5. The Morgan fingerprint density at radius 1 is 1.40 bits per heavy atom. The first kappa shape index (κ1) is 14.6. The van der Waals surface area contributed by atoms with E-state index >= 15 is 0 Å². The number of nitro groups is 1. The third-order valence-electron chi connectivity index (χ3n) is 3.22. The van der Waals surface area contributed by atoms with E-state index in [4.69, 9.17) is 5.73 Å². The number of hydrogen-bond acceptors (Lipinski definition) is 5. The molecule has 2 unspecified atom stereocenters. The van der Waals surface area contributed by atoms with Crippen LogP contribution in [0.25, 0.3) is 0 Å². The Kier molecular flexibility index (Phi) is 4.17. The van der Waals surface area contributed by atoms with Gasteiger partial charge in [-0.3, -0.25) is 14.9 Å². The van der Waals surface area contributed by atoms with Gasteiger partial charge in [0.1, 0.15) is 5.69 Å². The van der Waals surface area contributed by atoms with Gasteiger partial charge in [0.05, 0.1) is 10.5 Å². The van der Waals surface area contributed by atoms with Crippen LogP contribution in [0.1, 0.15) is 24.2 Å². The summed E-state index contributed by atoms with van der Waals surface area (Å²) in [6.07, 6.45) is 0. The molecule has 7 heteroatoms. The number of nitrogens with two attached hydrogens (primary N) is 1. The molecule has 2 atom stereocenters. The second kappa shape index (κ2) is 5.70. The first-order chi connectivity index (χ1) is 9.40. The Bertz CT molecular complexity index is 540. The van der Waals surface area contributed by atoms with Crippen LogP contribution in [0.4, 0.5) is 11.4 Å². The molecule has 1 fully saturated rings. The van der Waals surface area contributed by atoms with Crippen molar-refractivity contribution in [2.45, 2.75) is 24.3 Å². The van der Waals surface area contributed by atoms with Crippen molar-refractivity contribution in [2.24, 2.45) is 0 Å². The molecular weight excluding hydrogens is 278 g/mol. The van der Waals surface area contributed by atoms with E-state index in [1.807, 2.05) is 11.8 Å². The molecule has 1 aliphatic heterocycles. The molecular formula is C13H17N3O3S. The van der Waals surface area contributed by atoms with Crippen LogP contribution in [0.2, 0.25) is 0 Å². The molecule has 2 rings (SSSR count). The number of anilines is 1. The molecule has 2 N–H and O–H groups in total. The lowest BCUT2D eigenvalue weighted by molar-refractivity contribution is -0.383. The third-order valence-corrected chi connectivity index (χ3v) is 4.44. The number of thioether (sulfide) groups is 1. The highest BCUT2D eigenvalue weighted by atomic mass is 32.2. The second-order valence-corrected chi connectivity index (χ2v) is 6.84. The molecule has 20 heavy (non-hydrogen) atoms. The van der Waals surface area contributed by atoms with Crippen molar-refractivity contribution in [1.82, 2.24) is 4.90 Å². The normalized spacial score (nSPS) is 22.6. The van der Waals surface area contributed by atoms with Gasteiger partial charge >= 0.3 is 0 Å². The van der Waals surface area contributed by atoms with E-state index in [2.05, 4.69) is 13.8 Å². The lowest BCUT2D eigenvalue weighted by Gasteiger charge is -2.34. The van der Waals surface area contributed by atoms with Crippen molar-refractivity contribution in [1.29, 1.82) is 0 Å². The Balaban J connectivity index is 2.29. The van der Waals surface area contributed by atoms with Crippen molar-refractivity contribution < 1.29 is 9.72 Å². The van der Waals surface area contributed by atoms with Crippen molar-refractivity contribution in [3.63, 3.8) is 0 Å². The fourth-order valence-corrected chi connectivity index (χ4v) is 3.74. The standard InChI is InChI=1S/C13H17N3O3S/c1-8-6-15(7-9(2)20-8)13(17)10-4-3-5-11(12(10)14)16(18)19/h3-5,8-9H,6-7,14H2,1-2H3. The van der Waals surface area contributed by atoms with Crippen molar-refractivity contribution in [3.8, 4) is 0 Å². The number of benzene rings is 1. The Labute approximate surface area is 121 Å². The van der Waals surface area contributed by atoms with Crippen molar-refractivity contribution >= 4 is 29.0 Å². The molecule has 6 nitrogen and oxygen atoms in total. The predicted octanol–water partition coefficient (Wildman–Crippen LogP) is 2.14. The summed E-state index contributed by atoms with van der Waals surface area (Å²) in [7, 11) is 0. The number of nitrogen functional groups attached to an aromatic ring is 1. The van der Waals surface area contributed by atoms with Crippen LogP contribution < -0.4 is 5.73 Å². The number of nitro benzene ring substituents is 1. The third kappa shape index (κ3) is 2.87. The topological polar surface area (TPSA) is 89.5 Å². The smallest absolute Gasteiger partial charge is 0.292 e. The average Bonchev–Trinajstić information content (AvgIpc) is 2.36. The van der Waals surface area contributed by atoms with Gasteiger partial charge in [-0.05, 0) is 6.07 Å². The van der Waals surface area contributed by atoms with Crippen molar-refractivity contribution in [2.75, 3.05) is 18.8 Å². The van der Waals surface area contributed by atoms with Gasteiger partial charge in [0.2, 0.25) is 0 Å². The largest absolute Gasteiger partial charge is 0.393 e. The first-order valence-electron chi connectivity index (χ1n) is 6.37. The fourth-order valence-electron chi connectivity index (χ4n) is 2.41. The van der Waals surface area contributed by atoms with Gasteiger partial charge in [-0.2, -0.15) is 11.8 Å². The lowest BCUT2D eigenvalue weighted by Crippen LogP contribution is -2.44. The highest BCUT2D eigenvalue weighted by molar-refractivity contribution is 8.00. The van der Waals surface area contributed by atoms with E-state index in [9.17, 15) is 14.9 Å². The summed E-state index contributed by atoms with van der Waals surface area (Å²) in [5.41, 5.74) is 5.71. The molecule has 0 radical (unpaired) electrons. The van der Waals surface area contributed by atoms with E-state index in [0.29, 0.717) is 23.6 Å². The number of carbonyl (C=O) groups is 1. The number of amides is 1. The first-order valence-corrected chi connectivity index (χ1v) is 7.32. The molecule has 1 aromatic rings. The quantitative estimate of drug-likeness (QED) is 0.513. The monoisotopic (exact) mass is 295 g/mol. The zero-order chi connectivity index (χ0) is 14.9. The van der Waals surface area contributed by atoms with Crippen LogP contribution in [-0.4, -0.2) is 39.3 Å². The Morgan fingerprint density at radius 3 is 2.55 bits per heavy atom. The summed E-state index contributed by atoms with van der Waals surface area (Å²) in [6, 6.07) is 4.35. The van der Waals surface area contributed by atoms with Crippen LogP contribution in [-0.2, 0) is 0 Å². The van der Waals surface area contributed by atoms with Gasteiger partial charge < -0.3 is 10.6 Å². The highest BCUT2D eigenvalue weighted by Gasteiger charge is 2.29. The summed E-state index contributed by atoms with van der Waals surface area (Å²) in [5, 5.41) is 11.6. The molecule has 0 aromatic heterocycles. The maximum absolute atomic E-state index is 12.5. The minimum absolute atomic E-state index is 0.0546.